The van der Waals surface area contributed by atoms with Gasteiger partial charge in [0.2, 0.25) is 0 Å². The van der Waals surface area contributed by atoms with Crippen LogP contribution in [0.5, 0.6) is 0 Å². The minimum atomic E-state index is -0.0359. The molecule has 0 aliphatic carbocycles. The van der Waals surface area contributed by atoms with Crippen molar-refractivity contribution >= 4 is 39.8 Å². The summed E-state index contributed by atoms with van der Waals surface area (Å²) >= 11 is 4.79. The molecule has 7 nitrogen and oxygen atoms in total. The van der Waals surface area contributed by atoms with Crippen LogP contribution in [0.4, 0.5) is 9.59 Å². The predicted octanol–water partition coefficient (Wildman–Crippen LogP) is 10.1. The van der Waals surface area contributed by atoms with E-state index >= 15 is 0 Å². The highest BCUT2D eigenvalue weighted by molar-refractivity contribution is 9.09. The second-order valence-electron chi connectivity index (χ2n) is 11.0. The fraction of sp³-hybridized carbons (Fsp3) is 0.800. The summed E-state index contributed by atoms with van der Waals surface area (Å²) in [6.07, 6.45) is 32.2. The quantitative estimate of drug-likeness (QED) is 0.0270. The average Bonchev–Trinajstić information content (AvgIpc) is 3.03. The number of amides is 4. The van der Waals surface area contributed by atoms with Crippen LogP contribution in [-0.2, 0) is 0 Å². The molecule has 0 saturated heterocycles. The first-order valence-corrected chi connectivity index (χ1v) is 19.6. The van der Waals surface area contributed by atoms with E-state index in [-0.39, 0.29) is 12.1 Å². The molecule has 0 aromatic rings. The number of allylic oxidation sites excluding steroid dienone is 4. The van der Waals surface area contributed by atoms with Crippen molar-refractivity contribution in [2.75, 3.05) is 37.3 Å². The van der Waals surface area contributed by atoms with E-state index < -0.39 is 0 Å². The summed E-state index contributed by atoms with van der Waals surface area (Å²) in [4.78, 5) is 22.9. The van der Waals surface area contributed by atoms with E-state index in [1.54, 1.807) is 0 Å². The fourth-order valence-electron chi connectivity index (χ4n) is 4.12. The Labute approximate surface area is 284 Å². The van der Waals surface area contributed by atoms with Gasteiger partial charge in [0, 0.05) is 37.3 Å². The van der Waals surface area contributed by atoms with Crippen molar-refractivity contribution in [1.82, 2.24) is 21.3 Å². The van der Waals surface area contributed by atoms with Gasteiger partial charge in [-0.15, -0.1) is 0 Å². The third-order valence-electron chi connectivity index (χ3n) is 6.82. The minimum Gasteiger partial charge on any atom is -0.338 e. The molecule has 0 aromatic carbocycles. The van der Waals surface area contributed by atoms with E-state index in [9.17, 15) is 9.59 Å². The minimum absolute atomic E-state index is 0.0200. The molecule has 4 N–H and O–H groups in total. The van der Waals surface area contributed by atoms with Crippen molar-refractivity contribution in [3.63, 3.8) is 0 Å². The van der Waals surface area contributed by atoms with E-state index in [1.165, 1.54) is 76.0 Å². The van der Waals surface area contributed by atoms with Gasteiger partial charge in [-0.1, -0.05) is 92.6 Å². The molecule has 44 heavy (non-hydrogen) atoms. The number of hydrogen-bond acceptors (Lipinski definition) is 4. The lowest BCUT2D eigenvalue weighted by Crippen LogP contribution is -2.36. The van der Waals surface area contributed by atoms with Crippen LogP contribution in [0.2, 0.25) is 0 Å². The Kier molecular flexibility index (Phi) is 41.8. The van der Waals surface area contributed by atoms with Crippen LogP contribution < -0.4 is 21.3 Å². The standard InChI is InChI=1S/C18H33N3OS.C17H33BrN2O/c1-2-3-11-14-20-18(22)21-15-12-9-7-5-4-6-8-10-13-16-23-17-19;1-2-3-12-15-19-17(21)20-16-13-10-8-6-4-5-7-9-11-14-18/h4-5H,2-3,6-16H2,1H3,(H2,20,21,22);4,6H,2-3,5,7-16H2,1H3,(H2,19,20,21)/b5-4-;6-4-. The van der Waals surface area contributed by atoms with Crippen LogP contribution in [0, 0.1) is 10.7 Å². The van der Waals surface area contributed by atoms with Crippen molar-refractivity contribution in [3.05, 3.63) is 24.3 Å². The number of thiocyanates is 1. The first-order valence-electron chi connectivity index (χ1n) is 17.5. The Morgan fingerprint density at radius 1 is 0.568 bits per heavy atom. The summed E-state index contributed by atoms with van der Waals surface area (Å²) in [6.45, 7) is 7.42. The van der Waals surface area contributed by atoms with Crippen molar-refractivity contribution in [1.29, 1.82) is 5.26 Å². The maximum Gasteiger partial charge on any atom is 0.314 e. The molecule has 256 valence electrons. The van der Waals surface area contributed by atoms with Gasteiger partial charge in [0.1, 0.15) is 5.40 Å². The summed E-state index contributed by atoms with van der Waals surface area (Å²) in [5, 5.41) is 23.2. The molecule has 0 heterocycles. The fourth-order valence-corrected chi connectivity index (χ4v) is 4.96. The molecule has 0 saturated carbocycles. The Morgan fingerprint density at radius 3 is 1.30 bits per heavy atom. The van der Waals surface area contributed by atoms with Gasteiger partial charge < -0.3 is 21.3 Å². The lowest BCUT2D eigenvalue weighted by Gasteiger charge is -2.06. The SMILES string of the molecule is CCCCCNC(=O)NCCCC/C=C\CCCCCBr.CCCCCNC(=O)NCCCC/C=C\CCCCCSC#N. The van der Waals surface area contributed by atoms with Crippen LogP contribution in [0.25, 0.3) is 0 Å². The van der Waals surface area contributed by atoms with Gasteiger partial charge in [-0.2, -0.15) is 5.26 Å². The average molecular weight is 701 g/mol. The summed E-state index contributed by atoms with van der Waals surface area (Å²) in [5.41, 5.74) is 0. The van der Waals surface area contributed by atoms with Gasteiger partial charge >= 0.3 is 12.1 Å². The summed E-state index contributed by atoms with van der Waals surface area (Å²) < 4.78 is 0. The summed E-state index contributed by atoms with van der Waals surface area (Å²) in [6, 6.07) is -0.0559. The van der Waals surface area contributed by atoms with E-state index in [2.05, 4.69) is 80.7 Å². The highest BCUT2D eigenvalue weighted by atomic mass is 79.9. The second-order valence-corrected chi connectivity index (χ2v) is 12.7. The molecule has 0 aliphatic heterocycles. The predicted molar refractivity (Wildman–Crippen MR) is 197 cm³/mol. The van der Waals surface area contributed by atoms with Gasteiger partial charge in [0.15, 0.2) is 0 Å². The monoisotopic (exact) mass is 699 g/mol. The number of nitrogens with one attached hydrogen (secondary N) is 4. The molecule has 4 amide bonds. The highest BCUT2D eigenvalue weighted by Crippen LogP contribution is 2.07. The molecular weight excluding hydrogens is 634 g/mol. The van der Waals surface area contributed by atoms with Crippen LogP contribution in [0.3, 0.4) is 0 Å². The van der Waals surface area contributed by atoms with E-state index in [1.807, 2.05) is 0 Å². The maximum absolute atomic E-state index is 11.5. The van der Waals surface area contributed by atoms with Crippen LogP contribution in [0.15, 0.2) is 24.3 Å². The number of halogens is 1. The largest absolute Gasteiger partial charge is 0.338 e. The number of thioether (sulfide) groups is 1. The summed E-state index contributed by atoms with van der Waals surface area (Å²) in [7, 11) is 0. The highest BCUT2D eigenvalue weighted by Gasteiger charge is 1.98. The molecule has 0 unspecified atom stereocenters. The number of nitriles is 1. The normalized spacial score (nSPS) is 10.8. The maximum atomic E-state index is 11.5. The molecule has 0 aromatic heterocycles. The summed E-state index contributed by atoms with van der Waals surface area (Å²) in [5.74, 6) is 0.958. The number of urea groups is 2. The number of unbranched alkanes of at least 4 members (excludes halogenated alkanes) is 14. The molecule has 0 rings (SSSR count). The van der Waals surface area contributed by atoms with Crippen molar-refractivity contribution in [2.24, 2.45) is 0 Å². The Morgan fingerprint density at radius 2 is 0.932 bits per heavy atom. The van der Waals surface area contributed by atoms with Crippen LogP contribution in [-0.4, -0.2) is 49.3 Å². The van der Waals surface area contributed by atoms with Gasteiger partial charge in [0.05, 0.1) is 0 Å². The van der Waals surface area contributed by atoms with Crippen LogP contribution in [0.1, 0.15) is 142 Å². The third kappa shape index (κ3) is 42.5. The van der Waals surface area contributed by atoms with Crippen LogP contribution >= 0.6 is 27.7 Å². The van der Waals surface area contributed by atoms with Crippen molar-refractivity contribution in [2.45, 2.75) is 142 Å². The zero-order valence-corrected chi connectivity index (χ0v) is 30.6. The number of carbonyl (C=O) groups excluding carboxylic acids is 2. The first-order chi connectivity index (χ1) is 21.6. The molecular formula is C35H66BrN5O2S. The van der Waals surface area contributed by atoms with Crippen molar-refractivity contribution in [3.8, 4) is 5.40 Å². The number of rotatable bonds is 29. The Hall–Kier alpha value is -1.66. The van der Waals surface area contributed by atoms with Gasteiger partial charge in [-0.25, -0.2) is 9.59 Å². The Bertz CT molecular complexity index is 716. The third-order valence-corrected chi connectivity index (χ3v) is 8.00. The number of hydrogen-bond donors (Lipinski definition) is 4. The molecule has 0 aliphatic rings. The van der Waals surface area contributed by atoms with E-state index in [4.69, 9.17) is 5.26 Å². The number of nitrogens with zero attached hydrogens (tertiary/aromatic N) is 1. The molecule has 0 bridgehead atoms. The molecule has 0 fully saturated rings. The molecule has 9 heteroatoms. The Balaban J connectivity index is 0. The smallest absolute Gasteiger partial charge is 0.314 e. The number of alkyl halides is 1. The lowest BCUT2D eigenvalue weighted by atomic mass is 10.1. The van der Waals surface area contributed by atoms with Crippen molar-refractivity contribution < 1.29 is 9.59 Å². The lowest BCUT2D eigenvalue weighted by molar-refractivity contribution is 0.239. The molecule has 0 spiro atoms. The topological polar surface area (TPSA) is 106 Å². The number of carbonyl (C=O) groups is 2. The van der Waals surface area contributed by atoms with E-state index in [0.29, 0.717) is 0 Å². The van der Waals surface area contributed by atoms with E-state index in [0.717, 1.165) is 101 Å². The zero-order chi connectivity index (χ0) is 32.6. The van der Waals surface area contributed by atoms with Gasteiger partial charge in [-0.05, 0) is 102 Å². The second kappa shape index (κ2) is 41.3. The van der Waals surface area contributed by atoms with Gasteiger partial charge in [-0.3, -0.25) is 0 Å². The molecule has 0 atom stereocenters. The van der Waals surface area contributed by atoms with Gasteiger partial charge in [0.25, 0.3) is 0 Å². The first kappa shape index (κ1) is 44.5. The molecule has 0 radical (unpaired) electrons. The zero-order valence-electron chi connectivity index (χ0n) is 28.2.